The van der Waals surface area contributed by atoms with Crippen LogP contribution >= 0.6 is 11.6 Å². The zero-order valence-electron chi connectivity index (χ0n) is 13.3. The average molecular weight is 329 g/mol. The van der Waals surface area contributed by atoms with Crippen molar-refractivity contribution in [2.75, 3.05) is 18.4 Å². The number of nitrogens with zero attached hydrogens (tertiary/aromatic N) is 1. The van der Waals surface area contributed by atoms with Gasteiger partial charge in [-0.25, -0.2) is 0 Å². The molecular formula is C19H21ClN2O. The highest BCUT2D eigenvalue weighted by molar-refractivity contribution is 6.34. The minimum absolute atomic E-state index is 0.136. The van der Waals surface area contributed by atoms with Gasteiger partial charge in [-0.05, 0) is 68.2 Å². The van der Waals surface area contributed by atoms with E-state index in [0.717, 1.165) is 12.1 Å². The van der Waals surface area contributed by atoms with Crippen molar-refractivity contribution in [3.05, 3.63) is 64.2 Å². The average Bonchev–Trinajstić information content (AvgIpc) is 3.04. The number of rotatable bonds is 4. The number of benzene rings is 2. The Labute approximate surface area is 142 Å². The normalized spacial score (nSPS) is 14.9. The Bertz CT molecular complexity index is 691. The van der Waals surface area contributed by atoms with E-state index in [2.05, 4.69) is 10.2 Å². The zero-order chi connectivity index (χ0) is 16.2. The quantitative estimate of drug-likeness (QED) is 0.896. The van der Waals surface area contributed by atoms with Gasteiger partial charge in [-0.1, -0.05) is 29.8 Å². The van der Waals surface area contributed by atoms with Crippen molar-refractivity contribution in [2.45, 2.75) is 26.3 Å². The summed E-state index contributed by atoms with van der Waals surface area (Å²) in [5, 5.41) is 3.42. The minimum Gasteiger partial charge on any atom is -0.321 e. The molecule has 3 rings (SSSR count). The molecule has 1 heterocycles. The molecule has 1 aliphatic rings. The largest absolute Gasteiger partial charge is 0.321 e. The standard InChI is InChI=1S/C19H21ClN2O/c1-14-4-9-18(17(20)12-14)21-19(23)16-7-5-15(6-8-16)13-22-10-2-3-11-22/h4-9,12H,2-3,10-11,13H2,1H3,(H,21,23). The number of likely N-dealkylation sites (tertiary alicyclic amines) is 1. The van der Waals surface area contributed by atoms with Gasteiger partial charge in [0.05, 0.1) is 10.7 Å². The van der Waals surface area contributed by atoms with Gasteiger partial charge < -0.3 is 5.32 Å². The molecule has 1 saturated heterocycles. The second-order valence-corrected chi connectivity index (χ2v) is 6.52. The second kappa shape index (κ2) is 7.16. The summed E-state index contributed by atoms with van der Waals surface area (Å²) in [7, 11) is 0. The molecule has 0 aromatic heterocycles. The lowest BCUT2D eigenvalue weighted by Crippen LogP contribution is -2.18. The second-order valence-electron chi connectivity index (χ2n) is 6.12. The van der Waals surface area contributed by atoms with Crippen LogP contribution in [-0.2, 0) is 6.54 Å². The van der Waals surface area contributed by atoms with Crippen LogP contribution in [0.2, 0.25) is 5.02 Å². The summed E-state index contributed by atoms with van der Waals surface area (Å²) in [5.74, 6) is -0.136. The van der Waals surface area contributed by atoms with Gasteiger partial charge >= 0.3 is 0 Å². The summed E-state index contributed by atoms with van der Waals surface area (Å²) in [6.07, 6.45) is 2.58. The number of hydrogen-bond acceptors (Lipinski definition) is 2. The number of amides is 1. The van der Waals surface area contributed by atoms with Gasteiger partial charge in [-0.2, -0.15) is 0 Å². The molecule has 0 unspecified atom stereocenters. The van der Waals surface area contributed by atoms with E-state index in [0.29, 0.717) is 16.3 Å². The van der Waals surface area contributed by atoms with Crippen LogP contribution in [-0.4, -0.2) is 23.9 Å². The van der Waals surface area contributed by atoms with Gasteiger partial charge in [0.25, 0.3) is 5.91 Å². The van der Waals surface area contributed by atoms with Crippen molar-refractivity contribution >= 4 is 23.2 Å². The Morgan fingerprint density at radius 1 is 1.13 bits per heavy atom. The fourth-order valence-corrected chi connectivity index (χ4v) is 3.16. The van der Waals surface area contributed by atoms with Gasteiger partial charge in [-0.15, -0.1) is 0 Å². The lowest BCUT2D eigenvalue weighted by Gasteiger charge is -2.14. The highest BCUT2D eigenvalue weighted by Crippen LogP contribution is 2.23. The topological polar surface area (TPSA) is 32.3 Å². The van der Waals surface area contributed by atoms with Gasteiger partial charge in [0.15, 0.2) is 0 Å². The minimum atomic E-state index is -0.136. The fraction of sp³-hybridized carbons (Fsp3) is 0.316. The Hall–Kier alpha value is -1.84. The Balaban J connectivity index is 1.65. The SMILES string of the molecule is Cc1ccc(NC(=O)c2ccc(CN3CCCC3)cc2)c(Cl)c1. The van der Waals surface area contributed by atoms with E-state index in [1.807, 2.05) is 49.4 Å². The predicted molar refractivity (Wildman–Crippen MR) is 95.1 cm³/mol. The van der Waals surface area contributed by atoms with Gasteiger partial charge in [0.1, 0.15) is 0 Å². The number of nitrogens with one attached hydrogen (secondary N) is 1. The lowest BCUT2D eigenvalue weighted by molar-refractivity contribution is 0.102. The van der Waals surface area contributed by atoms with Gasteiger partial charge in [0.2, 0.25) is 0 Å². The third-order valence-electron chi connectivity index (χ3n) is 4.19. The van der Waals surface area contributed by atoms with Crippen LogP contribution in [0.15, 0.2) is 42.5 Å². The first-order chi connectivity index (χ1) is 11.1. The Morgan fingerprint density at radius 2 is 1.83 bits per heavy atom. The molecule has 23 heavy (non-hydrogen) atoms. The van der Waals surface area contributed by atoms with Crippen LogP contribution in [0.3, 0.4) is 0 Å². The molecule has 1 fully saturated rings. The summed E-state index contributed by atoms with van der Waals surface area (Å²) < 4.78 is 0. The third kappa shape index (κ3) is 4.12. The van der Waals surface area contributed by atoms with E-state index >= 15 is 0 Å². The molecule has 0 bridgehead atoms. The van der Waals surface area contributed by atoms with Crippen LogP contribution in [0.25, 0.3) is 0 Å². The number of carbonyl (C=O) groups is 1. The Kier molecular flexibility index (Phi) is 4.99. The van der Waals surface area contributed by atoms with Crippen LogP contribution in [0.4, 0.5) is 5.69 Å². The van der Waals surface area contributed by atoms with Crippen molar-refractivity contribution in [2.24, 2.45) is 0 Å². The first kappa shape index (κ1) is 16.0. The highest BCUT2D eigenvalue weighted by Gasteiger charge is 2.12. The summed E-state index contributed by atoms with van der Waals surface area (Å²) in [4.78, 5) is 14.8. The van der Waals surface area contributed by atoms with Crippen molar-refractivity contribution in [1.82, 2.24) is 4.90 Å². The number of halogens is 1. The molecule has 0 aliphatic carbocycles. The predicted octanol–water partition coefficient (Wildman–Crippen LogP) is 4.50. The smallest absolute Gasteiger partial charge is 0.255 e. The van der Waals surface area contributed by atoms with Crippen LogP contribution in [0, 0.1) is 6.92 Å². The lowest BCUT2D eigenvalue weighted by atomic mass is 10.1. The maximum atomic E-state index is 12.3. The number of carbonyl (C=O) groups excluding carboxylic acids is 1. The number of aryl methyl sites for hydroxylation is 1. The van der Waals surface area contributed by atoms with Crippen molar-refractivity contribution < 1.29 is 4.79 Å². The molecule has 0 atom stereocenters. The molecular weight excluding hydrogens is 308 g/mol. The van der Waals surface area contributed by atoms with E-state index in [1.54, 1.807) is 0 Å². The van der Waals surface area contributed by atoms with Crippen LogP contribution in [0.1, 0.15) is 34.3 Å². The highest BCUT2D eigenvalue weighted by atomic mass is 35.5. The molecule has 0 spiro atoms. The van der Waals surface area contributed by atoms with Crippen molar-refractivity contribution in [1.29, 1.82) is 0 Å². The summed E-state index contributed by atoms with van der Waals surface area (Å²) >= 11 is 6.16. The first-order valence-corrected chi connectivity index (χ1v) is 8.38. The number of hydrogen-bond donors (Lipinski definition) is 1. The molecule has 0 saturated carbocycles. The first-order valence-electron chi connectivity index (χ1n) is 8.00. The maximum absolute atomic E-state index is 12.3. The maximum Gasteiger partial charge on any atom is 0.255 e. The zero-order valence-corrected chi connectivity index (χ0v) is 14.1. The molecule has 4 heteroatoms. The molecule has 1 N–H and O–H groups in total. The van der Waals surface area contributed by atoms with E-state index in [9.17, 15) is 4.79 Å². The van der Waals surface area contributed by atoms with Gasteiger partial charge in [0, 0.05) is 12.1 Å². The molecule has 120 valence electrons. The van der Waals surface area contributed by atoms with Crippen LogP contribution in [0.5, 0.6) is 0 Å². The molecule has 0 radical (unpaired) electrons. The summed E-state index contributed by atoms with van der Waals surface area (Å²) in [6.45, 7) is 5.28. The van der Waals surface area contributed by atoms with E-state index < -0.39 is 0 Å². The fourth-order valence-electron chi connectivity index (χ4n) is 2.88. The number of anilines is 1. The Morgan fingerprint density at radius 3 is 2.48 bits per heavy atom. The molecule has 1 amide bonds. The summed E-state index contributed by atoms with van der Waals surface area (Å²) in [6, 6.07) is 13.4. The van der Waals surface area contributed by atoms with E-state index in [1.165, 1.54) is 31.5 Å². The monoisotopic (exact) mass is 328 g/mol. The molecule has 3 nitrogen and oxygen atoms in total. The van der Waals surface area contributed by atoms with Crippen molar-refractivity contribution in [3.63, 3.8) is 0 Å². The summed E-state index contributed by atoms with van der Waals surface area (Å²) in [5.41, 5.74) is 3.60. The van der Waals surface area contributed by atoms with Gasteiger partial charge in [-0.3, -0.25) is 9.69 Å². The van der Waals surface area contributed by atoms with Crippen LogP contribution < -0.4 is 5.32 Å². The third-order valence-corrected chi connectivity index (χ3v) is 4.51. The van der Waals surface area contributed by atoms with Crippen molar-refractivity contribution in [3.8, 4) is 0 Å². The van der Waals surface area contributed by atoms with E-state index in [-0.39, 0.29) is 5.91 Å². The molecule has 2 aromatic rings. The molecule has 1 aliphatic heterocycles. The van der Waals surface area contributed by atoms with E-state index in [4.69, 9.17) is 11.6 Å². The molecule has 2 aromatic carbocycles.